The van der Waals surface area contributed by atoms with Crippen molar-refractivity contribution in [3.8, 4) is 11.5 Å². The van der Waals surface area contributed by atoms with E-state index in [2.05, 4.69) is 5.32 Å². The summed E-state index contributed by atoms with van der Waals surface area (Å²) < 4.78 is 10.9. The average Bonchev–Trinajstić information content (AvgIpc) is 2.77. The Bertz CT molecular complexity index is 1030. The fourth-order valence-electron chi connectivity index (χ4n) is 3.66. The van der Waals surface area contributed by atoms with Crippen LogP contribution >= 0.6 is 0 Å². The van der Waals surface area contributed by atoms with Crippen molar-refractivity contribution < 1.29 is 14.3 Å². The van der Waals surface area contributed by atoms with Crippen LogP contribution in [-0.4, -0.2) is 32.1 Å². The Morgan fingerprint density at radius 3 is 2.39 bits per heavy atom. The van der Waals surface area contributed by atoms with Gasteiger partial charge in [0.15, 0.2) is 0 Å². The minimum Gasteiger partial charge on any atom is -0.497 e. The third kappa shape index (κ3) is 5.44. The molecule has 0 spiro atoms. The number of anilines is 1. The van der Waals surface area contributed by atoms with E-state index in [0.29, 0.717) is 6.54 Å². The van der Waals surface area contributed by atoms with Crippen LogP contribution in [0.15, 0.2) is 66.7 Å². The first-order valence-corrected chi connectivity index (χ1v) is 10.3. The zero-order valence-corrected chi connectivity index (χ0v) is 18.8. The van der Waals surface area contributed by atoms with Crippen molar-refractivity contribution in [2.75, 3.05) is 26.6 Å². The monoisotopic (exact) mass is 418 g/mol. The van der Waals surface area contributed by atoms with E-state index < -0.39 is 6.04 Å². The molecule has 3 aromatic carbocycles. The maximum absolute atomic E-state index is 13.5. The molecule has 5 heteroatoms. The van der Waals surface area contributed by atoms with Crippen molar-refractivity contribution in [1.29, 1.82) is 0 Å². The van der Waals surface area contributed by atoms with Crippen LogP contribution in [0.1, 0.15) is 28.3 Å². The quantitative estimate of drug-likeness (QED) is 0.551. The van der Waals surface area contributed by atoms with Crippen molar-refractivity contribution in [3.63, 3.8) is 0 Å². The summed E-state index contributed by atoms with van der Waals surface area (Å²) >= 11 is 0. The van der Waals surface area contributed by atoms with Gasteiger partial charge >= 0.3 is 0 Å². The molecule has 0 aliphatic heterocycles. The smallest absolute Gasteiger partial charge is 0.246 e. The number of hydrogen-bond acceptors (Lipinski definition) is 4. The molecule has 5 nitrogen and oxygen atoms in total. The predicted molar refractivity (Wildman–Crippen MR) is 125 cm³/mol. The summed E-state index contributed by atoms with van der Waals surface area (Å²) in [4.78, 5) is 15.5. The van der Waals surface area contributed by atoms with Crippen LogP contribution in [-0.2, 0) is 11.3 Å². The fourth-order valence-corrected chi connectivity index (χ4v) is 3.66. The summed E-state index contributed by atoms with van der Waals surface area (Å²) in [5.74, 6) is 1.39. The maximum atomic E-state index is 13.5. The molecule has 0 fully saturated rings. The standard InChI is InChI=1S/C26H30N2O3/c1-18-11-12-19(2)23(15-18)27-26(29)25(20-9-7-6-8-10-20)28(3)17-21-13-14-22(30-4)16-24(21)31-5/h6-16,25H,17H2,1-5H3,(H,27,29). The molecule has 3 rings (SSSR count). The molecule has 0 aliphatic rings. The van der Waals surface area contributed by atoms with Gasteiger partial charge in [0, 0.05) is 23.9 Å². The number of ether oxygens (including phenoxy) is 2. The van der Waals surface area contributed by atoms with Gasteiger partial charge in [-0.15, -0.1) is 0 Å². The number of nitrogens with one attached hydrogen (secondary N) is 1. The van der Waals surface area contributed by atoms with Crippen LogP contribution in [0.4, 0.5) is 5.69 Å². The topological polar surface area (TPSA) is 50.8 Å². The van der Waals surface area contributed by atoms with Crippen molar-refractivity contribution >= 4 is 11.6 Å². The van der Waals surface area contributed by atoms with Gasteiger partial charge in [0.2, 0.25) is 5.91 Å². The number of aryl methyl sites for hydroxylation is 2. The number of nitrogens with zero attached hydrogens (tertiary/aromatic N) is 1. The van der Waals surface area contributed by atoms with Crippen LogP contribution in [0, 0.1) is 13.8 Å². The largest absolute Gasteiger partial charge is 0.497 e. The molecule has 31 heavy (non-hydrogen) atoms. The van der Waals surface area contributed by atoms with E-state index in [1.54, 1.807) is 14.2 Å². The number of benzene rings is 3. The van der Waals surface area contributed by atoms with E-state index >= 15 is 0 Å². The number of rotatable bonds is 8. The molecular weight excluding hydrogens is 388 g/mol. The minimum atomic E-state index is -0.465. The second kappa shape index (κ2) is 10.1. The first kappa shape index (κ1) is 22.4. The first-order valence-electron chi connectivity index (χ1n) is 10.3. The van der Waals surface area contributed by atoms with E-state index in [9.17, 15) is 4.79 Å². The molecule has 0 heterocycles. The molecule has 1 unspecified atom stereocenters. The number of carbonyl (C=O) groups is 1. The number of carbonyl (C=O) groups excluding carboxylic acids is 1. The molecular formula is C26H30N2O3. The Hall–Kier alpha value is -3.31. The minimum absolute atomic E-state index is 0.0742. The molecule has 1 amide bonds. The summed E-state index contributed by atoms with van der Waals surface area (Å²) in [5.41, 5.74) is 4.88. The normalized spacial score (nSPS) is 11.8. The number of amides is 1. The summed E-state index contributed by atoms with van der Waals surface area (Å²) in [6.45, 7) is 4.55. The highest BCUT2D eigenvalue weighted by molar-refractivity contribution is 5.96. The Kier molecular flexibility index (Phi) is 7.32. The lowest BCUT2D eigenvalue weighted by Gasteiger charge is -2.28. The van der Waals surface area contributed by atoms with Crippen LogP contribution in [0.2, 0.25) is 0 Å². The van der Waals surface area contributed by atoms with E-state index in [-0.39, 0.29) is 5.91 Å². The SMILES string of the molecule is COc1ccc(CN(C)C(C(=O)Nc2cc(C)ccc2C)c2ccccc2)c(OC)c1. The molecule has 0 aliphatic carbocycles. The van der Waals surface area contributed by atoms with Crippen LogP contribution < -0.4 is 14.8 Å². The third-order valence-corrected chi connectivity index (χ3v) is 5.37. The van der Waals surface area contributed by atoms with E-state index in [0.717, 1.165) is 39.4 Å². The molecule has 1 atom stereocenters. The summed E-state index contributed by atoms with van der Waals surface area (Å²) in [5, 5.41) is 3.13. The highest BCUT2D eigenvalue weighted by atomic mass is 16.5. The van der Waals surface area contributed by atoms with Gasteiger partial charge in [0.1, 0.15) is 17.5 Å². The maximum Gasteiger partial charge on any atom is 0.246 e. The van der Waals surface area contributed by atoms with Crippen LogP contribution in [0.3, 0.4) is 0 Å². The molecule has 3 aromatic rings. The second-order valence-electron chi connectivity index (χ2n) is 7.71. The third-order valence-electron chi connectivity index (χ3n) is 5.37. The predicted octanol–water partition coefficient (Wildman–Crippen LogP) is 5.13. The van der Waals surface area contributed by atoms with Gasteiger partial charge in [-0.25, -0.2) is 0 Å². The first-order chi connectivity index (χ1) is 14.9. The lowest BCUT2D eigenvalue weighted by Crippen LogP contribution is -2.34. The lowest BCUT2D eigenvalue weighted by molar-refractivity contribution is -0.121. The van der Waals surface area contributed by atoms with E-state index in [1.165, 1.54) is 0 Å². The number of likely N-dealkylation sites (N-methyl/N-ethyl adjacent to an activating group) is 1. The van der Waals surface area contributed by atoms with Gasteiger partial charge < -0.3 is 14.8 Å². The molecule has 0 bridgehead atoms. The second-order valence-corrected chi connectivity index (χ2v) is 7.71. The average molecular weight is 419 g/mol. The molecule has 0 saturated carbocycles. The zero-order chi connectivity index (χ0) is 22.4. The van der Waals surface area contributed by atoms with Gasteiger partial charge in [-0.3, -0.25) is 9.69 Å². The van der Waals surface area contributed by atoms with Crippen molar-refractivity contribution in [1.82, 2.24) is 4.90 Å². The molecule has 0 radical (unpaired) electrons. The van der Waals surface area contributed by atoms with Gasteiger partial charge in [-0.2, -0.15) is 0 Å². The molecule has 162 valence electrons. The Balaban J connectivity index is 1.90. The van der Waals surface area contributed by atoms with Gasteiger partial charge in [-0.05, 0) is 49.7 Å². The fraction of sp³-hybridized carbons (Fsp3) is 0.269. The summed E-state index contributed by atoms with van der Waals surface area (Å²) in [6.07, 6.45) is 0. The van der Waals surface area contributed by atoms with Crippen molar-refractivity contribution in [3.05, 3.63) is 89.0 Å². The van der Waals surface area contributed by atoms with Crippen molar-refractivity contribution in [2.24, 2.45) is 0 Å². The Morgan fingerprint density at radius 1 is 0.968 bits per heavy atom. The van der Waals surface area contributed by atoms with E-state index in [4.69, 9.17) is 9.47 Å². The highest BCUT2D eigenvalue weighted by Crippen LogP contribution is 2.29. The Morgan fingerprint density at radius 2 is 1.71 bits per heavy atom. The summed E-state index contributed by atoms with van der Waals surface area (Å²) in [7, 11) is 5.22. The molecule has 0 saturated heterocycles. The number of hydrogen-bond donors (Lipinski definition) is 1. The molecule has 0 aromatic heterocycles. The lowest BCUT2D eigenvalue weighted by atomic mass is 10.0. The van der Waals surface area contributed by atoms with Gasteiger partial charge in [0.25, 0.3) is 0 Å². The summed E-state index contributed by atoms with van der Waals surface area (Å²) in [6, 6.07) is 21.2. The highest BCUT2D eigenvalue weighted by Gasteiger charge is 2.26. The molecule has 1 N–H and O–H groups in total. The number of methoxy groups -OCH3 is 2. The van der Waals surface area contributed by atoms with E-state index in [1.807, 2.05) is 92.5 Å². The van der Waals surface area contributed by atoms with Crippen molar-refractivity contribution in [2.45, 2.75) is 26.4 Å². The van der Waals surface area contributed by atoms with Crippen LogP contribution in [0.5, 0.6) is 11.5 Å². The zero-order valence-electron chi connectivity index (χ0n) is 18.8. The van der Waals surface area contributed by atoms with Gasteiger partial charge in [-0.1, -0.05) is 48.5 Å². The van der Waals surface area contributed by atoms with Crippen LogP contribution in [0.25, 0.3) is 0 Å². The van der Waals surface area contributed by atoms with Gasteiger partial charge in [0.05, 0.1) is 14.2 Å². The Labute approximate surface area is 184 Å².